The van der Waals surface area contributed by atoms with Crippen LogP contribution in [0.1, 0.15) is 35.9 Å². The smallest absolute Gasteiger partial charge is 0.261 e. The number of fused-ring (bicyclic) bond motifs is 1. The molecule has 2 N–H and O–H groups in total. The Hall–Kier alpha value is -2.67. The predicted octanol–water partition coefficient (Wildman–Crippen LogP) is 3.66. The van der Waals surface area contributed by atoms with Crippen LogP contribution in [0.25, 0.3) is 11.0 Å². The molecule has 0 aliphatic heterocycles. The largest absolute Gasteiger partial charge is 0.351 e. The maximum absolute atomic E-state index is 12.2. The molecule has 2 aromatic heterocycles. The molecule has 1 aromatic carbocycles. The van der Waals surface area contributed by atoms with Gasteiger partial charge in [-0.05, 0) is 36.4 Å². The fourth-order valence-electron chi connectivity index (χ4n) is 2.75. The molecule has 2 amide bonds. The van der Waals surface area contributed by atoms with Crippen LogP contribution >= 0.6 is 11.3 Å². The van der Waals surface area contributed by atoms with Crippen molar-refractivity contribution in [3.05, 3.63) is 46.7 Å². The van der Waals surface area contributed by atoms with E-state index in [-0.39, 0.29) is 11.8 Å². The molecule has 3 aromatic rings. The van der Waals surface area contributed by atoms with Crippen molar-refractivity contribution in [2.75, 3.05) is 11.9 Å². The Morgan fingerprint density at radius 1 is 1.19 bits per heavy atom. The number of carbonyl (C=O) groups excluding carboxylic acids is 2. The maximum atomic E-state index is 12.2. The summed E-state index contributed by atoms with van der Waals surface area (Å²) >= 11 is 1.40. The third kappa shape index (κ3) is 4.29. The lowest BCUT2D eigenvalue weighted by atomic mass is 10.3. The van der Waals surface area contributed by atoms with Gasteiger partial charge in [-0.3, -0.25) is 14.9 Å². The number of nitrogens with one attached hydrogen (secondary N) is 2. The van der Waals surface area contributed by atoms with E-state index in [2.05, 4.69) is 22.5 Å². The summed E-state index contributed by atoms with van der Waals surface area (Å²) in [5.41, 5.74) is 1.90. The first-order valence-corrected chi connectivity index (χ1v) is 9.64. The van der Waals surface area contributed by atoms with E-state index in [4.69, 9.17) is 0 Å². The lowest BCUT2D eigenvalue weighted by Crippen LogP contribution is -2.25. The first-order valence-electron chi connectivity index (χ1n) is 8.76. The van der Waals surface area contributed by atoms with E-state index in [9.17, 15) is 9.59 Å². The normalized spacial score (nSPS) is 10.8. The number of hydrogen-bond acceptors (Lipinski definition) is 4. The minimum Gasteiger partial charge on any atom is -0.351 e. The van der Waals surface area contributed by atoms with E-state index in [1.54, 1.807) is 6.07 Å². The third-order valence-electron chi connectivity index (χ3n) is 3.96. The highest BCUT2D eigenvalue weighted by molar-refractivity contribution is 7.12. The fraction of sp³-hybridized carbons (Fsp3) is 0.316. The zero-order chi connectivity index (χ0) is 18.4. The molecule has 0 saturated carbocycles. The minimum absolute atomic E-state index is 0.0925. The first-order chi connectivity index (χ1) is 12.7. The standard InChI is InChI=1S/C19H22N4O2S/c1-2-12-23-15-8-4-3-7-14(15)21-19(23)22-17(24)10-5-11-20-18(25)16-9-6-13-26-16/h3-4,6-9,13H,2,5,10-12H2,1H3,(H,20,25)(H,21,22,24). The second-order valence-electron chi connectivity index (χ2n) is 5.96. The number of aryl methyl sites for hydroxylation is 1. The highest BCUT2D eigenvalue weighted by atomic mass is 32.1. The molecule has 7 heteroatoms. The van der Waals surface area contributed by atoms with E-state index in [0.29, 0.717) is 30.2 Å². The lowest BCUT2D eigenvalue weighted by Gasteiger charge is -2.09. The van der Waals surface area contributed by atoms with E-state index in [1.165, 1.54) is 11.3 Å². The molecule has 0 aliphatic carbocycles. The van der Waals surface area contributed by atoms with Crippen LogP contribution in [0.4, 0.5) is 5.95 Å². The zero-order valence-electron chi connectivity index (χ0n) is 14.7. The molecule has 3 rings (SSSR count). The van der Waals surface area contributed by atoms with Gasteiger partial charge in [0.1, 0.15) is 0 Å². The van der Waals surface area contributed by atoms with Gasteiger partial charge in [0.15, 0.2) is 0 Å². The first kappa shape index (κ1) is 18.1. The number of para-hydroxylation sites is 2. The number of nitrogens with zero attached hydrogens (tertiary/aromatic N) is 2. The number of carbonyl (C=O) groups is 2. The summed E-state index contributed by atoms with van der Waals surface area (Å²) in [6.45, 7) is 3.36. The summed E-state index contributed by atoms with van der Waals surface area (Å²) in [5.74, 6) is 0.397. The van der Waals surface area contributed by atoms with E-state index in [1.807, 2.05) is 40.3 Å². The van der Waals surface area contributed by atoms with Crippen molar-refractivity contribution >= 4 is 40.1 Å². The Balaban J connectivity index is 1.52. The quantitative estimate of drug-likeness (QED) is 0.594. The molecule has 0 fully saturated rings. The number of aromatic nitrogens is 2. The highest BCUT2D eigenvalue weighted by Gasteiger charge is 2.12. The van der Waals surface area contributed by atoms with Crippen LogP contribution in [0.15, 0.2) is 41.8 Å². The van der Waals surface area contributed by atoms with Gasteiger partial charge in [0.25, 0.3) is 5.91 Å². The number of thiophene rings is 1. The SMILES string of the molecule is CCCn1c(NC(=O)CCCNC(=O)c2cccs2)nc2ccccc21. The van der Waals surface area contributed by atoms with Crippen LogP contribution in [0.2, 0.25) is 0 Å². The molecule has 136 valence electrons. The van der Waals surface area contributed by atoms with Gasteiger partial charge in [0.2, 0.25) is 11.9 Å². The molecule has 0 saturated heterocycles. The predicted molar refractivity (Wildman–Crippen MR) is 105 cm³/mol. The molecular formula is C19H22N4O2S. The number of imidazole rings is 1. The summed E-state index contributed by atoms with van der Waals surface area (Å²) in [6.07, 6.45) is 1.87. The maximum Gasteiger partial charge on any atom is 0.261 e. The molecular weight excluding hydrogens is 348 g/mol. The summed E-state index contributed by atoms with van der Waals surface area (Å²) < 4.78 is 2.03. The van der Waals surface area contributed by atoms with Gasteiger partial charge in [-0.15, -0.1) is 11.3 Å². The van der Waals surface area contributed by atoms with Crippen molar-refractivity contribution in [3.63, 3.8) is 0 Å². The van der Waals surface area contributed by atoms with Gasteiger partial charge in [-0.1, -0.05) is 25.1 Å². The molecule has 0 bridgehead atoms. The molecule has 2 heterocycles. The van der Waals surface area contributed by atoms with Crippen molar-refractivity contribution in [2.24, 2.45) is 0 Å². The number of benzene rings is 1. The molecule has 0 unspecified atom stereocenters. The number of hydrogen-bond donors (Lipinski definition) is 2. The van der Waals surface area contributed by atoms with Gasteiger partial charge in [-0.2, -0.15) is 0 Å². The Labute approximate surface area is 156 Å². The third-order valence-corrected chi connectivity index (χ3v) is 4.83. The lowest BCUT2D eigenvalue weighted by molar-refractivity contribution is -0.116. The van der Waals surface area contributed by atoms with Crippen LogP contribution in [0.5, 0.6) is 0 Å². The van der Waals surface area contributed by atoms with E-state index in [0.717, 1.165) is 24.0 Å². The van der Waals surface area contributed by atoms with Crippen LogP contribution in [-0.4, -0.2) is 27.9 Å². The average molecular weight is 370 g/mol. The van der Waals surface area contributed by atoms with Gasteiger partial charge < -0.3 is 9.88 Å². The minimum atomic E-state index is -0.0944. The second-order valence-corrected chi connectivity index (χ2v) is 6.91. The molecule has 0 radical (unpaired) electrons. The van der Waals surface area contributed by atoms with Crippen LogP contribution in [-0.2, 0) is 11.3 Å². The number of amides is 2. The Morgan fingerprint density at radius 3 is 2.81 bits per heavy atom. The zero-order valence-corrected chi connectivity index (χ0v) is 15.5. The van der Waals surface area contributed by atoms with Crippen molar-refractivity contribution < 1.29 is 9.59 Å². The molecule has 6 nitrogen and oxygen atoms in total. The monoisotopic (exact) mass is 370 g/mol. The van der Waals surface area contributed by atoms with Gasteiger partial charge in [0.05, 0.1) is 15.9 Å². The average Bonchev–Trinajstić information content (AvgIpc) is 3.28. The van der Waals surface area contributed by atoms with Crippen LogP contribution in [0, 0.1) is 0 Å². The van der Waals surface area contributed by atoms with Crippen molar-refractivity contribution in [2.45, 2.75) is 32.7 Å². The van der Waals surface area contributed by atoms with Gasteiger partial charge in [0, 0.05) is 19.5 Å². The van der Waals surface area contributed by atoms with Crippen molar-refractivity contribution in [3.8, 4) is 0 Å². The Morgan fingerprint density at radius 2 is 2.04 bits per heavy atom. The summed E-state index contributed by atoms with van der Waals surface area (Å²) in [5, 5.41) is 7.60. The molecule has 26 heavy (non-hydrogen) atoms. The number of rotatable bonds is 8. The molecule has 0 aliphatic rings. The Kier molecular flexibility index (Phi) is 6.01. The molecule has 0 atom stereocenters. The van der Waals surface area contributed by atoms with Gasteiger partial charge >= 0.3 is 0 Å². The van der Waals surface area contributed by atoms with E-state index >= 15 is 0 Å². The van der Waals surface area contributed by atoms with E-state index < -0.39 is 0 Å². The van der Waals surface area contributed by atoms with Crippen molar-refractivity contribution in [1.29, 1.82) is 0 Å². The van der Waals surface area contributed by atoms with Crippen molar-refractivity contribution in [1.82, 2.24) is 14.9 Å². The molecule has 0 spiro atoms. The summed E-state index contributed by atoms with van der Waals surface area (Å²) in [7, 11) is 0. The fourth-order valence-corrected chi connectivity index (χ4v) is 3.39. The van der Waals surface area contributed by atoms with Crippen LogP contribution < -0.4 is 10.6 Å². The Bertz CT molecular complexity index is 886. The number of anilines is 1. The van der Waals surface area contributed by atoms with Crippen LogP contribution in [0.3, 0.4) is 0 Å². The topological polar surface area (TPSA) is 76.0 Å². The summed E-state index contributed by atoms with van der Waals surface area (Å²) in [6, 6.07) is 11.5. The van der Waals surface area contributed by atoms with Gasteiger partial charge in [-0.25, -0.2) is 4.98 Å². The second kappa shape index (κ2) is 8.62. The highest BCUT2D eigenvalue weighted by Crippen LogP contribution is 2.20. The summed E-state index contributed by atoms with van der Waals surface area (Å²) in [4.78, 5) is 29.3.